The first-order valence-electron chi connectivity index (χ1n) is 23.1. The van der Waals surface area contributed by atoms with Crippen molar-refractivity contribution in [3.05, 3.63) is 54.1 Å². The molecule has 0 spiro atoms. The fourth-order valence-electron chi connectivity index (χ4n) is 12.4. The zero-order valence-corrected chi connectivity index (χ0v) is 36.0. The maximum Gasteiger partial charge on any atom is 0.338 e. The highest BCUT2D eigenvalue weighted by molar-refractivity contribution is 5.89. The molecule has 0 bridgehead atoms. The summed E-state index contributed by atoms with van der Waals surface area (Å²) in [4.78, 5) is 26.0. The number of anilines is 1. The highest BCUT2D eigenvalue weighted by Gasteiger charge is 2.59. The number of hydrogen-bond acceptors (Lipinski definition) is 7. The van der Waals surface area contributed by atoms with Crippen molar-refractivity contribution in [1.29, 1.82) is 0 Å². The number of nitrogens with two attached hydrogens (primary N) is 1. The summed E-state index contributed by atoms with van der Waals surface area (Å²) in [6, 6.07) is 7.58. The lowest BCUT2D eigenvalue weighted by molar-refractivity contribution is -0.0594. The number of carbonyl (C=O) groups is 1. The van der Waals surface area contributed by atoms with Crippen LogP contribution in [0.25, 0.3) is 11.2 Å². The number of nitrogen functional groups attached to an aromatic ring is 1. The van der Waals surface area contributed by atoms with Crippen molar-refractivity contribution < 1.29 is 14.3 Å². The SMILES string of the molecule is CC(C)CCC[C@@H](C)[C@H]1CC[C@H]2[C@@H]3CC=C4CC(OC(=O)c5ccc(OCCCCCCCCCCn6cnc7c(N)ncnc76)cc5)CC[C@]4(C)[C@H]3CC[C@]12C. The summed E-state index contributed by atoms with van der Waals surface area (Å²) in [6.45, 7) is 14.2. The minimum atomic E-state index is -0.202. The number of benzene rings is 1. The quantitative estimate of drug-likeness (QED) is 0.0733. The average molecular weight is 780 g/mol. The van der Waals surface area contributed by atoms with Gasteiger partial charge in [0.25, 0.3) is 0 Å². The molecule has 1 unspecified atom stereocenters. The lowest BCUT2D eigenvalue weighted by Crippen LogP contribution is -2.51. The number of aromatic nitrogens is 4. The molecule has 2 N–H and O–H groups in total. The minimum absolute atomic E-state index is 0.0282. The van der Waals surface area contributed by atoms with E-state index in [0.717, 1.165) is 85.6 Å². The molecule has 8 heteroatoms. The lowest BCUT2D eigenvalue weighted by Gasteiger charge is -2.58. The number of rotatable bonds is 19. The Morgan fingerprint density at radius 2 is 1.61 bits per heavy atom. The van der Waals surface area contributed by atoms with E-state index in [0.29, 0.717) is 28.9 Å². The van der Waals surface area contributed by atoms with Crippen LogP contribution in [0.4, 0.5) is 5.82 Å². The maximum absolute atomic E-state index is 13.3. The molecule has 0 radical (unpaired) electrons. The van der Waals surface area contributed by atoms with Gasteiger partial charge in [-0.15, -0.1) is 0 Å². The molecule has 4 aliphatic carbocycles. The van der Waals surface area contributed by atoms with Gasteiger partial charge in [-0.05, 0) is 128 Å². The second-order valence-corrected chi connectivity index (χ2v) is 19.6. The van der Waals surface area contributed by atoms with Crippen LogP contribution in [-0.4, -0.2) is 38.2 Å². The number of hydrogen-bond donors (Lipinski definition) is 1. The molecule has 3 saturated carbocycles. The molecule has 0 amide bonds. The second kappa shape index (κ2) is 18.7. The van der Waals surface area contributed by atoms with Crippen LogP contribution >= 0.6 is 0 Å². The number of aryl methyl sites for hydroxylation is 1. The normalized spacial score (nSPS) is 28.7. The molecule has 0 aliphatic heterocycles. The van der Waals surface area contributed by atoms with E-state index in [9.17, 15) is 4.79 Å². The van der Waals surface area contributed by atoms with E-state index in [4.69, 9.17) is 15.2 Å². The van der Waals surface area contributed by atoms with E-state index >= 15 is 0 Å². The molecule has 2 heterocycles. The van der Waals surface area contributed by atoms with Crippen LogP contribution in [0.5, 0.6) is 5.75 Å². The Kier molecular flexibility index (Phi) is 13.7. The summed E-state index contributed by atoms with van der Waals surface area (Å²) >= 11 is 0. The van der Waals surface area contributed by atoms with E-state index in [-0.39, 0.29) is 17.5 Å². The summed E-state index contributed by atoms with van der Waals surface area (Å²) in [6.07, 6.45) is 29.5. The van der Waals surface area contributed by atoms with E-state index < -0.39 is 0 Å². The van der Waals surface area contributed by atoms with Crippen LogP contribution in [0.3, 0.4) is 0 Å². The van der Waals surface area contributed by atoms with Gasteiger partial charge < -0.3 is 19.8 Å². The van der Waals surface area contributed by atoms with Gasteiger partial charge in [0.15, 0.2) is 11.5 Å². The fourth-order valence-corrected chi connectivity index (χ4v) is 12.4. The third-order valence-corrected chi connectivity index (χ3v) is 15.6. The molecule has 57 heavy (non-hydrogen) atoms. The predicted molar refractivity (Wildman–Crippen MR) is 231 cm³/mol. The molecule has 3 aromatic rings. The minimum Gasteiger partial charge on any atom is -0.494 e. The van der Waals surface area contributed by atoms with Crippen LogP contribution in [0.1, 0.15) is 167 Å². The first-order chi connectivity index (χ1) is 27.6. The van der Waals surface area contributed by atoms with Gasteiger partial charge in [-0.2, -0.15) is 0 Å². The van der Waals surface area contributed by atoms with Gasteiger partial charge in [0.05, 0.1) is 18.5 Å². The zero-order chi connectivity index (χ0) is 40.0. The molecule has 1 aromatic carbocycles. The Hall–Kier alpha value is -3.42. The molecule has 312 valence electrons. The Balaban J connectivity index is 0.780. The number of imidazole rings is 1. The van der Waals surface area contributed by atoms with Gasteiger partial charge in [0.1, 0.15) is 23.7 Å². The fraction of sp³-hybridized carbons (Fsp3) is 0.714. The molecule has 2 aromatic heterocycles. The van der Waals surface area contributed by atoms with Gasteiger partial charge in [0.2, 0.25) is 0 Å². The van der Waals surface area contributed by atoms with Crippen molar-refractivity contribution in [3.8, 4) is 5.75 Å². The number of unbranched alkanes of at least 4 members (excludes halogenated alkanes) is 7. The number of carbonyl (C=O) groups excluding carboxylic acids is 1. The van der Waals surface area contributed by atoms with Crippen LogP contribution in [0.2, 0.25) is 0 Å². The highest BCUT2D eigenvalue weighted by atomic mass is 16.5. The number of fused-ring (bicyclic) bond motifs is 6. The maximum atomic E-state index is 13.3. The first kappa shape index (κ1) is 41.7. The largest absolute Gasteiger partial charge is 0.494 e. The monoisotopic (exact) mass is 780 g/mol. The van der Waals surface area contributed by atoms with Crippen LogP contribution in [0.15, 0.2) is 48.6 Å². The topological polar surface area (TPSA) is 105 Å². The van der Waals surface area contributed by atoms with Gasteiger partial charge in [0, 0.05) is 13.0 Å². The number of nitrogens with zero attached hydrogens (tertiary/aromatic N) is 4. The van der Waals surface area contributed by atoms with Crippen molar-refractivity contribution in [2.45, 2.75) is 169 Å². The van der Waals surface area contributed by atoms with Gasteiger partial charge in [-0.25, -0.2) is 19.7 Å². The van der Waals surface area contributed by atoms with Crippen molar-refractivity contribution in [3.63, 3.8) is 0 Å². The van der Waals surface area contributed by atoms with Gasteiger partial charge in [-0.3, -0.25) is 0 Å². The van der Waals surface area contributed by atoms with Crippen LogP contribution in [-0.2, 0) is 11.3 Å². The third kappa shape index (κ3) is 9.41. The van der Waals surface area contributed by atoms with Gasteiger partial charge in [-0.1, -0.05) is 104 Å². The summed E-state index contributed by atoms with van der Waals surface area (Å²) < 4.78 is 14.3. The Morgan fingerprint density at radius 3 is 2.39 bits per heavy atom. The average Bonchev–Trinajstić information content (AvgIpc) is 3.78. The predicted octanol–water partition coefficient (Wildman–Crippen LogP) is 12.2. The van der Waals surface area contributed by atoms with Crippen LogP contribution in [0, 0.1) is 46.3 Å². The zero-order valence-electron chi connectivity index (χ0n) is 36.0. The number of esters is 1. The highest BCUT2D eigenvalue weighted by Crippen LogP contribution is 2.67. The summed E-state index contributed by atoms with van der Waals surface area (Å²) in [5.74, 6) is 6.10. The van der Waals surface area contributed by atoms with E-state index in [1.807, 2.05) is 30.6 Å². The standard InChI is InChI=1S/C49H73N5O3/c1-34(2)15-14-16-35(3)41-23-24-42-40-22-19-37-31-39(25-27-48(37,4)43(40)26-28-49(41,42)5)57-47(55)36-17-20-38(21-18-36)56-30-13-11-9-7-6-8-10-12-29-54-33-53-44-45(50)51-32-52-46(44)54/h17-21,32-35,39-43H,6-16,22-31H2,1-5H3,(H2,50,51,52)/t35-,39?,40+,41-,42+,43+,48+,49-/m1/s1. The van der Waals surface area contributed by atoms with Gasteiger partial charge >= 0.3 is 5.97 Å². The first-order valence-corrected chi connectivity index (χ1v) is 23.1. The molecule has 3 fully saturated rings. The van der Waals surface area contributed by atoms with E-state index in [1.165, 1.54) is 96.2 Å². The number of ether oxygens (including phenoxy) is 2. The lowest BCUT2D eigenvalue weighted by atomic mass is 9.47. The van der Waals surface area contributed by atoms with E-state index in [1.54, 1.807) is 5.57 Å². The molecule has 0 saturated heterocycles. The smallest absolute Gasteiger partial charge is 0.338 e. The summed E-state index contributed by atoms with van der Waals surface area (Å²) in [7, 11) is 0. The molecular formula is C49H73N5O3. The molecule has 4 aliphatic rings. The van der Waals surface area contributed by atoms with Crippen molar-refractivity contribution in [1.82, 2.24) is 19.5 Å². The Bertz CT molecular complexity index is 1800. The molecule has 8 atom stereocenters. The summed E-state index contributed by atoms with van der Waals surface area (Å²) in [5, 5.41) is 0. The third-order valence-electron chi connectivity index (χ3n) is 15.6. The molecular weight excluding hydrogens is 707 g/mol. The summed E-state index contributed by atoms with van der Waals surface area (Å²) in [5.41, 5.74) is 10.4. The molecule has 7 rings (SSSR count). The second-order valence-electron chi connectivity index (χ2n) is 19.6. The van der Waals surface area contributed by atoms with Crippen molar-refractivity contribution in [2.75, 3.05) is 12.3 Å². The van der Waals surface area contributed by atoms with E-state index in [2.05, 4.69) is 60.2 Å². The van der Waals surface area contributed by atoms with Crippen LogP contribution < -0.4 is 10.5 Å². The Morgan fingerprint density at radius 1 is 0.860 bits per heavy atom. The van der Waals surface area contributed by atoms with Crippen molar-refractivity contribution >= 4 is 23.0 Å². The van der Waals surface area contributed by atoms with Crippen molar-refractivity contribution in [2.24, 2.45) is 46.3 Å². The number of allylic oxidation sites excluding steroid dienone is 1. The Labute approximate surface area is 343 Å². The molecule has 8 nitrogen and oxygen atoms in total.